The van der Waals surface area contributed by atoms with Gasteiger partial charge in [0, 0.05) is 30.4 Å². The molecule has 20 heavy (non-hydrogen) atoms. The van der Waals surface area contributed by atoms with Crippen LogP contribution in [-0.2, 0) is 0 Å². The molecule has 4 heteroatoms. The number of nitriles is 1. The Hall–Kier alpha value is -1.57. The topological polar surface area (TPSA) is 50.5 Å². The predicted octanol–water partition coefficient (Wildman–Crippen LogP) is 2.14. The molecule has 1 atom stereocenters. The van der Waals surface area contributed by atoms with Crippen LogP contribution in [0.4, 0.5) is 5.69 Å². The third kappa shape index (κ3) is 3.12. The molecule has 0 aliphatic carbocycles. The molecule has 0 saturated carbocycles. The van der Waals surface area contributed by atoms with Crippen molar-refractivity contribution >= 4 is 5.69 Å². The highest BCUT2D eigenvalue weighted by Gasteiger charge is 2.23. The largest absolute Gasteiger partial charge is 0.389 e. The van der Waals surface area contributed by atoms with Gasteiger partial charge in [0.1, 0.15) is 0 Å². The number of nitrogens with zero attached hydrogens (tertiary/aromatic N) is 3. The highest BCUT2D eigenvalue weighted by Crippen LogP contribution is 2.30. The highest BCUT2D eigenvalue weighted by atomic mass is 16.3. The van der Waals surface area contributed by atoms with Crippen molar-refractivity contribution in [1.82, 2.24) is 4.90 Å². The first-order valence-corrected chi connectivity index (χ1v) is 7.16. The van der Waals surface area contributed by atoms with E-state index in [1.165, 1.54) is 0 Å². The maximum absolute atomic E-state index is 9.92. The Kier molecular flexibility index (Phi) is 4.64. The molecule has 0 bridgehead atoms. The van der Waals surface area contributed by atoms with Crippen LogP contribution in [0.25, 0.3) is 0 Å². The molecule has 1 heterocycles. The fourth-order valence-corrected chi connectivity index (χ4v) is 2.86. The van der Waals surface area contributed by atoms with Gasteiger partial charge < -0.3 is 14.9 Å². The summed E-state index contributed by atoms with van der Waals surface area (Å²) in [6.45, 7) is 3.71. The van der Waals surface area contributed by atoms with Crippen LogP contribution in [0.15, 0.2) is 18.2 Å². The fraction of sp³-hybridized carbons (Fsp3) is 0.562. The third-order valence-corrected chi connectivity index (χ3v) is 4.15. The first kappa shape index (κ1) is 14.8. The molecule has 0 radical (unpaired) electrons. The van der Waals surface area contributed by atoms with E-state index >= 15 is 0 Å². The Labute approximate surface area is 121 Å². The van der Waals surface area contributed by atoms with E-state index in [4.69, 9.17) is 5.26 Å². The van der Waals surface area contributed by atoms with Crippen molar-refractivity contribution in [2.45, 2.75) is 31.9 Å². The predicted molar refractivity (Wildman–Crippen MR) is 80.7 cm³/mol. The van der Waals surface area contributed by atoms with Crippen LogP contribution in [0.2, 0.25) is 0 Å². The SMILES string of the molecule is C[C@H](O)c1ccc(C#N)cc1N1CCC(N(C)C)CC1. The third-order valence-electron chi connectivity index (χ3n) is 4.15. The number of anilines is 1. The van der Waals surface area contributed by atoms with Gasteiger partial charge >= 0.3 is 0 Å². The summed E-state index contributed by atoms with van der Waals surface area (Å²) >= 11 is 0. The van der Waals surface area contributed by atoms with Gasteiger partial charge in [-0.3, -0.25) is 0 Å². The molecule has 1 aromatic rings. The second-order valence-corrected chi connectivity index (χ2v) is 5.74. The zero-order valence-corrected chi connectivity index (χ0v) is 12.5. The number of aliphatic hydroxyl groups is 1. The molecule has 1 aliphatic heterocycles. The lowest BCUT2D eigenvalue weighted by Crippen LogP contribution is -2.42. The second kappa shape index (κ2) is 6.25. The average Bonchev–Trinajstić information content (AvgIpc) is 2.46. The summed E-state index contributed by atoms with van der Waals surface area (Å²) in [6, 6.07) is 8.36. The Morgan fingerprint density at radius 2 is 2.00 bits per heavy atom. The number of hydrogen-bond donors (Lipinski definition) is 1. The first-order valence-electron chi connectivity index (χ1n) is 7.16. The molecule has 4 nitrogen and oxygen atoms in total. The first-order chi connectivity index (χ1) is 9.52. The quantitative estimate of drug-likeness (QED) is 0.916. The highest BCUT2D eigenvalue weighted by molar-refractivity contribution is 5.58. The van der Waals surface area contributed by atoms with Crippen LogP contribution >= 0.6 is 0 Å². The summed E-state index contributed by atoms with van der Waals surface area (Å²) in [5.74, 6) is 0. The van der Waals surface area contributed by atoms with E-state index in [0.717, 1.165) is 37.2 Å². The van der Waals surface area contributed by atoms with E-state index in [0.29, 0.717) is 11.6 Å². The van der Waals surface area contributed by atoms with E-state index in [1.54, 1.807) is 13.0 Å². The summed E-state index contributed by atoms with van der Waals surface area (Å²) in [7, 11) is 4.25. The summed E-state index contributed by atoms with van der Waals surface area (Å²) < 4.78 is 0. The van der Waals surface area contributed by atoms with Gasteiger partial charge in [0.25, 0.3) is 0 Å². The Balaban J connectivity index is 2.22. The fourth-order valence-electron chi connectivity index (χ4n) is 2.86. The minimum atomic E-state index is -0.510. The van der Waals surface area contributed by atoms with Crippen LogP contribution in [-0.4, -0.2) is 43.2 Å². The van der Waals surface area contributed by atoms with Gasteiger partial charge in [-0.1, -0.05) is 6.07 Å². The van der Waals surface area contributed by atoms with Crippen molar-refractivity contribution in [3.8, 4) is 6.07 Å². The maximum atomic E-state index is 9.92. The van der Waals surface area contributed by atoms with E-state index in [2.05, 4.69) is 30.0 Å². The minimum Gasteiger partial charge on any atom is -0.389 e. The Bertz CT molecular complexity index is 497. The van der Waals surface area contributed by atoms with Gasteiger partial charge in [0.2, 0.25) is 0 Å². The minimum absolute atomic E-state index is 0.510. The molecular weight excluding hydrogens is 250 g/mol. The smallest absolute Gasteiger partial charge is 0.0992 e. The lowest BCUT2D eigenvalue weighted by atomic mass is 9.99. The lowest BCUT2D eigenvalue weighted by molar-refractivity contribution is 0.199. The lowest BCUT2D eigenvalue weighted by Gasteiger charge is -2.37. The molecule has 0 spiro atoms. The number of aliphatic hydroxyl groups excluding tert-OH is 1. The van der Waals surface area contributed by atoms with E-state index in [1.807, 2.05) is 12.1 Å². The number of rotatable bonds is 3. The van der Waals surface area contributed by atoms with Gasteiger partial charge in [-0.25, -0.2) is 0 Å². The normalized spacial score (nSPS) is 18.1. The molecular formula is C16H23N3O. The van der Waals surface area contributed by atoms with E-state index in [-0.39, 0.29) is 0 Å². The second-order valence-electron chi connectivity index (χ2n) is 5.74. The molecule has 0 unspecified atom stereocenters. The van der Waals surface area contributed by atoms with Crippen LogP contribution in [0.1, 0.15) is 37.0 Å². The van der Waals surface area contributed by atoms with Crippen molar-refractivity contribution in [2.75, 3.05) is 32.1 Å². The van der Waals surface area contributed by atoms with Crippen molar-refractivity contribution in [1.29, 1.82) is 5.26 Å². The Morgan fingerprint density at radius 3 is 2.50 bits per heavy atom. The zero-order valence-electron chi connectivity index (χ0n) is 12.5. The summed E-state index contributed by atoms with van der Waals surface area (Å²) in [5, 5.41) is 19.0. The van der Waals surface area contributed by atoms with Crippen molar-refractivity contribution < 1.29 is 5.11 Å². The molecule has 1 aliphatic rings. The number of hydrogen-bond acceptors (Lipinski definition) is 4. The molecule has 108 valence electrons. The summed E-state index contributed by atoms with van der Waals surface area (Å²) in [4.78, 5) is 4.57. The molecule has 1 fully saturated rings. The van der Waals surface area contributed by atoms with Gasteiger partial charge in [-0.2, -0.15) is 5.26 Å². The molecule has 0 aromatic heterocycles. The van der Waals surface area contributed by atoms with Gasteiger partial charge in [-0.05, 0) is 46.0 Å². The van der Waals surface area contributed by atoms with Crippen LogP contribution in [0.3, 0.4) is 0 Å². The van der Waals surface area contributed by atoms with Crippen LogP contribution in [0.5, 0.6) is 0 Å². The summed E-state index contributed by atoms with van der Waals surface area (Å²) in [6.07, 6.45) is 1.72. The standard InChI is InChI=1S/C16H23N3O/c1-12(20)15-5-4-13(11-17)10-16(15)19-8-6-14(7-9-19)18(2)3/h4-5,10,12,14,20H,6-9H2,1-3H3/t12-/m0/s1. The van der Waals surface area contributed by atoms with E-state index < -0.39 is 6.10 Å². The molecule has 0 amide bonds. The molecule has 1 saturated heterocycles. The molecule has 2 rings (SSSR count). The zero-order chi connectivity index (χ0) is 14.7. The van der Waals surface area contributed by atoms with Crippen molar-refractivity contribution in [3.05, 3.63) is 29.3 Å². The Morgan fingerprint density at radius 1 is 1.35 bits per heavy atom. The van der Waals surface area contributed by atoms with Crippen molar-refractivity contribution in [2.24, 2.45) is 0 Å². The average molecular weight is 273 g/mol. The maximum Gasteiger partial charge on any atom is 0.0992 e. The van der Waals surface area contributed by atoms with E-state index in [9.17, 15) is 5.11 Å². The monoisotopic (exact) mass is 273 g/mol. The van der Waals surface area contributed by atoms with Gasteiger partial charge in [-0.15, -0.1) is 0 Å². The van der Waals surface area contributed by atoms with Crippen LogP contribution in [0, 0.1) is 11.3 Å². The number of piperidine rings is 1. The molecule has 1 N–H and O–H groups in total. The number of benzene rings is 1. The van der Waals surface area contributed by atoms with Crippen LogP contribution < -0.4 is 4.90 Å². The molecule has 1 aromatic carbocycles. The van der Waals surface area contributed by atoms with Gasteiger partial charge in [0.15, 0.2) is 0 Å². The van der Waals surface area contributed by atoms with Crippen molar-refractivity contribution in [3.63, 3.8) is 0 Å². The summed E-state index contributed by atoms with van der Waals surface area (Å²) in [5.41, 5.74) is 2.57. The van der Waals surface area contributed by atoms with Gasteiger partial charge in [0.05, 0.1) is 17.7 Å².